The van der Waals surface area contributed by atoms with Crippen LogP contribution in [0.4, 0.5) is 0 Å². The van der Waals surface area contributed by atoms with Crippen molar-refractivity contribution >= 4 is 11.8 Å². The number of nitrogens with zero attached hydrogens (tertiary/aromatic N) is 2. The number of rotatable bonds is 3. The molecule has 1 N–H and O–H groups in total. The normalized spacial score (nSPS) is 39.8. The third-order valence-electron chi connectivity index (χ3n) is 5.46. The zero-order chi connectivity index (χ0) is 15.1. The molecule has 4 rings (SSSR count). The van der Waals surface area contributed by atoms with E-state index in [9.17, 15) is 9.59 Å². The molecule has 21 heavy (non-hydrogen) atoms. The van der Waals surface area contributed by atoms with Crippen molar-refractivity contribution in [3.63, 3.8) is 0 Å². The Hall–Kier alpha value is -1.10. The smallest absolute Gasteiger partial charge is 0.246 e. The number of carbonyl (C=O) groups excluding carboxylic acids is 2. The van der Waals surface area contributed by atoms with Gasteiger partial charge in [-0.2, -0.15) is 0 Å². The van der Waals surface area contributed by atoms with Gasteiger partial charge >= 0.3 is 0 Å². The maximum absolute atomic E-state index is 12.9. The molecule has 5 nitrogen and oxygen atoms in total. The monoisotopic (exact) mass is 293 g/mol. The maximum Gasteiger partial charge on any atom is 0.246 e. The first-order valence-corrected chi connectivity index (χ1v) is 8.37. The molecule has 4 fully saturated rings. The quantitative estimate of drug-likeness (QED) is 0.839. The molecule has 0 saturated carbocycles. The summed E-state index contributed by atoms with van der Waals surface area (Å²) in [6.07, 6.45) is 3.00. The molecule has 4 heterocycles. The summed E-state index contributed by atoms with van der Waals surface area (Å²) < 4.78 is 0. The van der Waals surface area contributed by atoms with Crippen LogP contribution in [0, 0.1) is 11.8 Å². The van der Waals surface area contributed by atoms with Crippen LogP contribution in [0.2, 0.25) is 0 Å². The van der Waals surface area contributed by atoms with Crippen LogP contribution in [0.15, 0.2) is 0 Å². The van der Waals surface area contributed by atoms with E-state index in [1.165, 1.54) is 0 Å². The van der Waals surface area contributed by atoms with Crippen molar-refractivity contribution in [2.24, 2.45) is 11.8 Å². The van der Waals surface area contributed by atoms with E-state index in [1.54, 1.807) is 0 Å². The summed E-state index contributed by atoms with van der Waals surface area (Å²) >= 11 is 0. The SMILES string of the molecule is CCC1NC(=O)C(C(C)C)N(C2CN3CCC2CC3)C1=O. The molecule has 4 saturated heterocycles. The number of piperidine rings is 3. The van der Waals surface area contributed by atoms with Crippen molar-refractivity contribution in [1.82, 2.24) is 15.1 Å². The van der Waals surface area contributed by atoms with Crippen LogP contribution in [0.1, 0.15) is 40.0 Å². The zero-order valence-electron chi connectivity index (χ0n) is 13.3. The molecule has 3 unspecified atom stereocenters. The van der Waals surface area contributed by atoms with E-state index >= 15 is 0 Å². The van der Waals surface area contributed by atoms with Gasteiger partial charge in [-0.3, -0.25) is 9.59 Å². The third kappa shape index (κ3) is 2.45. The summed E-state index contributed by atoms with van der Waals surface area (Å²) in [6, 6.07) is -0.402. The van der Waals surface area contributed by atoms with Crippen LogP contribution in [-0.2, 0) is 9.59 Å². The number of nitrogens with one attached hydrogen (secondary N) is 1. The number of hydrogen-bond donors (Lipinski definition) is 1. The summed E-state index contributed by atoms with van der Waals surface area (Å²) in [7, 11) is 0. The first-order valence-electron chi connectivity index (χ1n) is 8.37. The standard InChI is InChI=1S/C16H27N3O2/c1-4-12-16(21)19(14(10(2)3)15(20)17-12)13-9-18-7-5-11(13)6-8-18/h10-14H,4-9H2,1-3H3,(H,17,20). The fraction of sp³-hybridized carbons (Fsp3) is 0.875. The lowest BCUT2D eigenvalue weighted by Gasteiger charge is -2.53. The Labute approximate surface area is 127 Å². The molecule has 5 heteroatoms. The van der Waals surface area contributed by atoms with Gasteiger partial charge in [0.05, 0.1) is 0 Å². The highest BCUT2D eigenvalue weighted by molar-refractivity contribution is 5.97. The van der Waals surface area contributed by atoms with Crippen LogP contribution in [0.5, 0.6) is 0 Å². The van der Waals surface area contributed by atoms with Crippen LogP contribution >= 0.6 is 0 Å². The molecular weight excluding hydrogens is 266 g/mol. The van der Waals surface area contributed by atoms with Crippen molar-refractivity contribution in [3.05, 3.63) is 0 Å². The highest BCUT2D eigenvalue weighted by atomic mass is 16.2. The second-order valence-electron chi connectivity index (χ2n) is 7.11. The number of carbonyl (C=O) groups is 2. The number of hydrogen-bond acceptors (Lipinski definition) is 3. The first-order chi connectivity index (χ1) is 10.0. The van der Waals surface area contributed by atoms with Gasteiger partial charge in [0.2, 0.25) is 11.8 Å². The molecule has 0 spiro atoms. The molecule has 0 aliphatic carbocycles. The van der Waals surface area contributed by atoms with E-state index in [-0.39, 0.29) is 35.9 Å². The molecule has 118 valence electrons. The van der Waals surface area contributed by atoms with Gasteiger partial charge in [0.1, 0.15) is 12.1 Å². The predicted octanol–water partition coefficient (Wildman–Crippen LogP) is 0.842. The first kappa shape index (κ1) is 14.8. The van der Waals surface area contributed by atoms with Gasteiger partial charge in [-0.25, -0.2) is 0 Å². The second kappa shape index (κ2) is 5.59. The minimum Gasteiger partial charge on any atom is -0.343 e. The Kier molecular flexibility index (Phi) is 3.95. The summed E-state index contributed by atoms with van der Waals surface area (Å²) in [5.41, 5.74) is 0. The van der Waals surface area contributed by atoms with Gasteiger partial charge in [-0.05, 0) is 44.2 Å². The Morgan fingerprint density at radius 2 is 1.90 bits per heavy atom. The summed E-state index contributed by atoms with van der Waals surface area (Å²) in [4.78, 5) is 29.8. The molecule has 0 aromatic rings. The van der Waals surface area contributed by atoms with Gasteiger partial charge in [-0.15, -0.1) is 0 Å². The summed E-state index contributed by atoms with van der Waals surface area (Å²) in [6.45, 7) is 9.30. The largest absolute Gasteiger partial charge is 0.343 e. The van der Waals surface area contributed by atoms with E-state index in [2.05, 4.69) is 10.2 Å². The summed E-state index contributed by atoms with van der Waals surface area (Å²) in [5, 5.41) is 2.92. The molecule has 0 radical (unpaired) electrons. The number of fused-ring (bicyclic) bond motifs is 3. The fourth-order valence-corrected chi connectivity index (χ4v) is 4.28. The molecular formula is C16H27N3O2. The Morgan fingerprint density at radius 1 is 1.24 bits per heavy atom. The van der Waals surface area contributed by atoms with E-state index in [1.807, 2.05) is 25.7 Å². The zero-order valence-corrected chi connectivity index (χ0v) is 13.3. The van der Waals surface area contributed by atoms with Gasteiger partial charge in [0, 0.05) is 12.6 Å². The highest BCUT2D eigenvalue weighted by Crippen LogP contribution is 2.34. The Balaban J connectivity index is 1.90. The minimum atomic E-state index is -0.331. The van der Waals surface area contributed by atoms with Crippen LogP contribution < -0.4 is 5.32 Å². The number of piperazine rings is 1. The van der Waals surface area contributed by atoms with Gasteiger partial charge in [0.25, 0.3) is 0 Å². The maximum atomic E-state index is 12.9. The lowest BCUT2D eigenvalue weighted by molar-refractivity contribution is -0.159. The van der Waals surface area contributed by atoms with Crippen molar-refractivity contribution < 1.29 is 9.59 Å². The Bertz CT molecular complexity index is 429. The van der Waals surface area contributed by atoms with Crippen LogP contribution in [0.25, 0.3) is 0 Å². The van der Waals surface area contributed by atoms with Crippen molar-refractivity contribution in [2.75, 3.05) is 19.6 Å². The lowest BCUT2D eigenvalue weighted by Crippen LogP contribution is -2.71. The topological polar surface area (TPSA) is 52.7 Å². The van der Waals surface area contributed by atoms with Gasteiger partial charge in [0.15, 0.2) is 0 Å². The predicted molar refractivity (Wildman–Crippen MR) is 80.6 cm³/mol. The van der Waals surface area contributed by atoms with E-state index in [0.717, 1.165) is 32.5 Å². The summed E-state index contributed by atoms with van der Waals surface area (Å²) in [5.74, 6) is 0.897. The average Bonchev–Trinajstić information content (AvgIpc) is 2.49. The van der Waals surface area contributed by atoms with E-state index in [4.69, 9.17) is 0 Å². The highest BCUT2D eigenvalue weighted by Gasteiger charge is 2.48. The van der Waals surface area contributed by atoms with Crippen molar-refractivity contribution in [3.8, 4) is 0 Å². The fourth-order valence-electron chi connectivity index (χ4n) is 4.28. The van der Waals surface area contributed by atoms with Crippen molar-refractivity contribution in [2.45, 2.75) is 58.2 Å². The Morgan fingerprint density at radius 3 is 2.38 bits per heavy atom. The molecule has 4 aliphatic rings. The second-order valence-corrected chi connectivity index (χ2v) is 7.11. The van der Waals surface area contributed by atoms with E-state index < -0.39 is 0 Å². The van der Waals surface area contributed by atoms with Crippen LogP contribution in [-0.4, -0.2) is 59.4 Å². The molecule has 2 bridgehead atoms. The molecule has 3 atom stereocenters. The lowest BCUT2D eigenvalue weighted by atomic mass is 9.80. The molecule has 0 aromatic heterocycles. The van der Waals surface area contributed by atoms with E-state index in [0.29, 0.717) is 12.3 Å². The number of amides is 2. The van der Waals surface area contributed by atoms with Crippen LogP contribution in [0.3, 0.4) is 0 Å². The molecule has 2 amide bonds. The minimum absolute atomic E-state index is 0.0351. The molecule has 4 aliphatic heterocycles. The third-order valence-corrected chi connectivity index (χ3v) is 5.46. The van der Waals surface area contributed by atoms with Crippen molar-refractivity contribution in [1.29, 1.82) is 0 Å². The van der Waals surface area contributed by atoms with Gasteiger partial charge < -0.3 is 15.1 Å². The molecule has 0 aromatic carbocycles. The average molecular weight is 293 g/mol. The van der Waals surface area contributed by atoms with Gasteiger partial charge in [-0.1, -0.05) is 20.8 Å².